The third-order valence-electron chi connectivity index (χ3n) is 5.85. The molecular weight excluding hydrogens is 514 g/mol. The Hall–Kier alpha value is -4.62. The Labute approximate surface area is 232 Å². The molecule has 2 aromatic carbocycles. The van der Waals surface area contributed by atoms with Gasteiger partial charge < -0.3 is 20.5 Å². The minimum atomic E-state index is -1.19. The summed E-state index contributed by atoms with van der Waals surface area (Å²) in [6.45, 7) is 10.0. The zero-order valence-electron chi connectivity index (χ0n) is 21.5. The molecule has 0 fully saturated rings. The largest absolute Gasteiger partial charge is 0.508 e. The molecule has 1 atom stereocenters. The van der Waals surface area contributed by atoms with Gasteiger partial charge in [-0.15, -0.1) is 0 Å². The zero-order chi connectivity index (χ0) is 28.4. The molecule has 4 N–H and O–H groups in total. The number of H-pyrrole nitrogens is 1. The highest BCUT2D eigenvalue weighted by atomic mass is 35.5. The van der Waals surface area contributed by atoms with E-state index in [2.05, 4.69) is 28.4 Å². The van der Waals surface area contributed by atoms with Crippen LogP contribution in [0.1, 0.15) is 37.2 Å². The van der Waals surface area contributed by atoms with Crippen LogP contribution in [0.5, 0.6) is 5.75 Å². The second-order valence-electron chi connectivity index (χ2n) is 8.69. The van der Waals surface area contributed by atoms with Gasteiger partial charge in [0.05, 0.1) is 17.1 Å². The molecule has 3 aromatic rings. The Bertz CT molecular complexity index is 1500. The lowest BCUT2D eigenvalue weighted by atomic mass is 9.96. The van der Waals surface area contributed by atoms with E-state index in [1.165, 1.54) is 29.8 Å². The van der Waals surface area contributed by atoms with E-state index in [4.69, 9.17) is 11.6 Å². The second-order valence-corrected chi connectivity index (χ2v) is 8.94. The number of carboxylic acids is 1. The van der Waals surface area contributed by atoms with Crippen LogP contribution in [0.3, 0.4) is 0 Å². The summed E-state index contributed by atoms with van der Waals surface area (Å²) in [5.41, 5.74) is 4.62. The number of halogens is 1. The summed E-state index contributed by atoms with van der Waals surface area (Å²) < 4.78 is 0. The first-order chi connectivity index (χ1) is 18.7. The number of nitrogens with zero attached hydrogens (tertiary/aromatic N) is 1. The van der Waals surface area contributed by atoms with E-state index in [1.54, 1.807) is 18.2 Å². The number of imidazole rings is 1. The van der Waals surface area contributed by atoms with Crippen molar-refractivity contribution >= 4 is 40.1 Å². The number of amides is 1. The molecule has 3 rings (SSSR count). The number of phenols is 1. The van der Waals surface area contributed by atoms with Crippen LogP contribution >= 0.6 is 11.6 Å². The first-order valence-corrected chi connectivity index (χ1v) is 12.7. The van der Waals surface area contributed by atoms with Crippen molar-refractivity contribution in [3.05, 3.63) is 126 Å². The summed E-state index contributed by atoms with van der Waals surface area (Å²) >= 11 is 5.75. The summed E-state index contributed by atoms with van der Waals surface area (Å²) in [7, 11) is 0. The Morgan fingerprint density at radius 2 is 1.90 bits per heavy atom. The molecule has 1 amide bonds. The fraction of sp³-hybridized carbons (Fsp3) is 0.129. The average molecular weight is 544 g/mol. The number of aliphatic carboxylic acids is 1. The standard InChI is InChI=1S/C31H30ClN3O4/c1-4-9-26(22-10-6-5-7-11-22)35-31(39)20(2)13-14-23(18-29(37)38)21(3)25(12-8-17-32)30-33-27-16-15-24(36)19-28(27)34-30/h5-8,10-19,26,36H,2-4,9H2,1H3,(H,33,34)(H,35,39)(H,37,38)/b14-13-,17-8+,23-18-,25-12+/t26-/m1/s1. The highest BCUT2D eigenvalue weighted by Gasteiger charge is 2.17. The molecule has 200 valence electrons. The number of carboxylic acid groups (broad SMARTS) is 1. The van der Waals surface area contributed by atoms with Crippen molar-refractivity contribution in [2.75, 3.05) is 0 Å². The molecule has 0 aliphatic rings. The monoisotopic (exact) mass is 543 g/mol. The number of aromatic hydroxyl groups is 1. The van der Waals surface area contributed by atoms with Gasteiger partial charge in [-0.2, -0.15) is 0 Å². The molecule has 0 aliphatic carbocycles. The lowest BCUT2D eigenvalue weighted by Gasteiger charge is -2.18. The molecule has 1 aromatic heterocycles. The normalized spacial score (nSPS) is 13.2. The number of rotatable bonds is 12. The van der Waals surface area contributed by atoms with E-state index in [0.717, 1.165) is 24.5 Å². The molecule has 0 saturated heterocycles. The van der Waals surface area contributed by atoms with Crippen LogP contribution in [-0.4, -0.2) is 32.1 Å². The van der Waals surface area contributed by atoms with E-state index < -0.39 is 5.97 Å². The van der Waals surface area contributed by atoms with Gasteiger partial charge in [-0.05, 0) is 47.4 Å². The predicted molar refractivity (Wildman–Crippen MR) is 156 cm³/mol. The molecule has 39 heavy (non-hydrogen) atoms. The quantitative estimate of drug-likeness (QED) is 0.149. The van der Waals surface area contributed by atoms with E-state index in [-0.39, 0.29) is 28.8 Å². The van der Waals surface area contributed by atoms with Crippen LogP contribution in [0.15, 0.2) is 114 Å². The van der Waals surface area contributed by atoms with Gasteiger partial charge in [-0.1, -0.05) is 80.6 Å². The number of hydrogen-bond donors (Lipinski definition) is 4. The number of aromatic nitrogens is 2. The van der Waals surface area contributed by atoms with Crippen molar-refractivity contribution in [2.45, 2.75) is 25.8 Å². The number of phenolic OH excluding ortho intramolecular Hbond substituents is 1. The van der Waals surface area contributed by atoms with Crippen molar-refractivity contribution in [3.63, 3.8) is 0 Å². The lowest BCUT2D eigenvalue weighted by Crippen LogP contribution is -2.29. The van der Waals surface area contributed by atoms with E-state index in [1.807, 2.05) is 37.3 Å². The van der Waals surface area contributed by atoms with Gasteiger partial charge in [0.2, 0.25) is 0 Å². The van der Waals surface area contributed by atoms with Crippen LogP contribution in [0, 0.1) is 0 Å². The molecule has 0 radical (unpaired) electrons. The van der Waals surface area contributed by atoms with Crippen LogP contribution in [0.2, 0.25) is 0 Å². The van der Waals surface area contributed by atoms with Gasteiger partial charge in [0, 0.05) is 28.8 Å². The summed E-state index contributed by atoms with van der Waals surface area (Å²) in [6, 6.07) is 14.2. The summed E-state index contributed by atoms with van der Waals surface area (Å²) in [4.78, 5) is 32.2. The van der Waals surface area contributed by atoms with Gasteiger partial charge in [-0.25, -0.2) is 9.78 Å². The molecule has 0 aliphatic heterocycles. The Balaban J connectivity index is 1.88. The fourth-order valence-electron chi connectivity index (χ4n) is 3.92. The minimum Gasteiger partial charge on any atom is -0.508 e. The van der Waals surface area contributed by atoms with Gasteiger partial charge in [0.15, 0.2) is 0 Å². The van der Waals surface area contributed by atoms with Gasteiger partial charge in [0.1, 0.15) is 11.6 Å². The maximum atomic E-state index is 12.9. The highest BCUT2D eigenvalue weighted by Crippen LogP contribution is 2.29. The molecule has 0 saturated carbocycles. The van der Waals surface area contributed by atoms with Crippen LogP contribution in [0.25, 0.3) is 16.6 Å². The van der Waals surface area contributed by atoms with Crippen molar-refractivity contribution < 1.29 is 19.8 Å². The maximum Gasteiger partial charge on any atom is 0.328 e. The van der Waals surface area contributed by atoms with Gasteiger partial charge >= 0.3 is 5.97 Å². The number of hydrogen-bond acceptors (Lipinski definition) is 4. The molecule has 1 heterocycles. The number of carbonyl (C=O) groups is 2. The summed E-state index contributed by atoms with van der Waals surface area (Å²) in [5.74, 6) is -1.10. The summed E-state index contributed by atoms with van der Waals surface area (Å²) in [5, 5.41) is 22.3. The number of carbonyl (C=O) groups excluding carboxylic acids is 1. The van der Waals surface area contributed by atoms with Crippen LogP contribution < -0.4 is 5.32 Å². The van der Waals surface area contributed by atoms with Crippen molar-refractivity contribution in [1.82, 2.24) is 15.3 Å². The van der Waals surface area contributed by atoms with E-state index >= 15 is 0 Å². The molecule has 0 bridgehead atoms. The second kappa shape index (κ2) is 13.8. The van der Waals surface area contributed by atoms with Crippen molar-refractivity contribution in [3.8, 4) is 5.75 Å². The van der Waals surface area contributed by atoms with Crippen LogP contribution in [-0.2, 0) is 9.59 Å². The number of allylic oxidation sites excluding steroid dienone is 6. The van der Waals surface area contributed by atoms with E-state index in [9.17, 15) is 19.8 Å². The van der Waals surface area contributed by atoms with Gasteiger partial charge in [-0.3, -0.25) is 4.79 Å². The number of benzene rings is 2. The Morgan fingerprint density at radius 3 is 2.56 bits per heavy atom. The van der Waals surface area contributed by atoms with Crippen LogP contribution in [0.4, 0.5) is 0 Å². The van der Waals surface area contributed by atoms with Gasteiger partial charge in [0.25, 0.3) is 5.91 Å². The number of aromatic amines is 1. The molecule has 0 spiro atoms. The Morgan fingerprint density at radius 1 is 1.15 bits per heavy atom. The highest BCUT2D eigenvalue weighted by molar-refractivity contribution is 6.25. The third kappa shape index (κ3) is 7.93. The van der Waals surface area contributed by atoms with Crippen molar-refractivity contribution in [2.24, 2.45) is 0 Å². The molecular formula is C31H30ClN3O4. The van der Waals surface area contributed by atoms with E-state index in [0.29, 0.717) is 28.0 Å². The first-order valence-electron chi connectivity index (χ1n) is 12.3. The SMILES string of the molecule is C=C(/C=C\C(=C\C(=O)O)C(=C)/C(=C\C=C\Cl)c1nc2ccc(O)cc2[nH]1)C(=O)N[C@H](CCC)c1ccccc1. The predicted octanol–water partition coefficient (Wildman–Crippen LogP) is 6.74. The third-order valence-corrected chi connectivity index (χ3v) is 5.99. The minimum absolute atomic E-state index is 0.0716. The molecule has 8 heteroatoms. The fourth-order valence-corrected chi connectivity index (χ4v) is 3.99. The van der Waals surface area contributed by atoms with Crippen molar-refractivity contribution in [1.29, 1.82) is 0 Å². The number of fused-ring (bicyclic) bond motifs is 1. The maximum absolute atomic E-state index is 12.9. The topological polar surface area (TPSA) is 115 Å². The Kier molecular flexibility index (Phi) is 10.2. The smallest absolute Gasteiger partial charge is 0.328 e. The lowest BCUT2D eigenvalue weighted by molar-refractivity contribution is -0.131. The molecule has 7 nitrogen and oxygen atoms in total. The molecule has 0 unspecified atom stereocenters. The number of nitrogens with one attached hydrogen (secondary N) is 2. The summed E-state index contributed by atoms with van der Waals surface area (Å²) in [6.07, 6.45) is 8.73. The zero-order valence-corrected chi connectivity index (χ0v) is 22.3. The first kappa shape index (κ1) is 28.9. The average Bonchev–Trinajstić information content (AvgIpc) is 3.33.